The first-order valence-electron chi connectivity index (χ1n) is 5.63. The lowest BCUT2D eigenvalue weighted by Gasteiger charge is -2.22. The minimum absolute atomic E-state index is 0.00361. The fourth-order valence-corrected chi connectivity index (χ4v) is 2.15. The van der Waals surface area contributed by atoms with Gasteiger partial charge >= 0.3 is 0 Å². The van der Waals surface area contributed by atoms with E-state index in [-0.39, 0.29) is 25.0 Å². The maximum atomic E-state index is 9.28. The van der Waals surface area contributed by atoms with Crippen LogP contribution in [0.4, 0.5) is 5.69 Å². The van der Waals surface area contributed by atoms with Gasteiger partial charge in [-0.05, 0) is 29.7 Å². The molecule has 16 heavy (non-hydrogen) atoms. The first-order chi connectivity index (χ1) is 7.52. The number of hydrogen-bond acceptors (Lipinski definition) is 3. The number of anilines is 1. The first-order valence-corrected chi connectivity index (χ1v) is 5.63. The Balaban J connectivity index is 3.36. The molecule has 0 fully saturated rings. The van der Waals surface area contributed by atoms with Crippen LogP contribution in [0.3, 0.4) is 0 Å². The molecule has 90 valence electrons. The molecule has 3 nitrogen and oxygen atoms in total. The number of nitrogens with two attached hydrogens (primary N) is 1. The molecule has 3 heteroatoms. The molecule has 1 rings (SSSR count). The third-order valence-corrected chi connectivity index (χ3v) is 3.07. The van der Waals surface area contributed by atoms with E-state index in [1.807, 2.05) is 32.9 Å². The number of rotatable bonds is 4. The van der Waals surface area contributed by atoms with Crippen LogP contribution >= 0.6 is 0 Å². The van der Waals surface area contributed by atoms with Crippen molar-refractivity contribution in [1.82, 2.24) is 0 Å². The van der Waals surface area contributed by atoms with Crippen molar-refractivity contribution in [2.24, 2.45) is 0 Å². The predicted octanol–water partition coefficient (Wildman–Crippen LogP) is 1.77. The molecule has 0 aromatic heterocycles. The molecular formula is C13H21NO2. The van der Waals surface area contributed by atoms with E-state index < -0.39 is 0 Å². The van der Waals surface area contributed by atoms with E-state index in [0.29, 0.717) is 5.69 Å². The Bertz CT molecular complexity index is 328. The van der Waals surface area contributed by atoms with E-state index in [1.54, 1.807) is 0 Å². The molecule has 0 heterocycles. The van der Waals surface area contributed by atoms with Crippen LogP contribution in [0.2, 0.25) is 0 Å². The lowest BCUT2D eigenvalue weighted by Crippen LogP contribution is -2.12. The zero-order chi connectivity index (χ0) is 12.3. The molecule has 1 aromatic carbocycles. The van der Waals surface area contributed by atoms with E-state index in [4.69, 9.17) is 5.73 Å². The first kappa shape index (κ1) is 13.0. The van der Waals surface area contributed by atoms with Crippen LogP contribution in [0, 0.1) is 6.92 Å². The topological polar surface area (TPSA) is 66.5 Å². The molecule has 4 N–H and O–H groups in total. The van der Waals surface area contributed by atoms with Gasteiger partial charge < -0.3 is 15.9 Å². The Morgan fingerprint density at radius 1 is 1.06 bits per heavy atom. The molecule has 2 unspecified atom stereocenters. The number of benzene rings is 1. The fourth-order valence-electron chi connectivity index (χ4n) is 2.15. The van der Waals surface area contributed by atoms with Crippen LogP contribution < -0.4 is 5.73 Å². The standard InChI is InChI=1S/C13H21NO2/c1-8-4-5-11(14)13(10(3)7-16)12(8)9(2)6-15/h4-5,9-10,15-16H,6-7,14H2,1-3H3. The van der Waals surface area contributed by atoms with Gasteiger partial charge in [-0.2, -0.15) is 0 Å². The Kier molecular flexibility index (Phi) is 4.33. The van der Waals surface area contributed by atoms with Gasteiger partial charge in [-0.15, -0.1) is 0 Å². The molecule has 0 saturated carbocycles. The average molecular weight is 223 g/mol. The van der Waals surface area contributed by atoms with Gasteiger partial charge in [0.05, 0.1) is 0 Å². The Morgan fingerprint density at radius 3 is 2.06 bits per heavy atom. The average Bonchev–Trinajstić information content (AvgIpc) is 2.29. The largest absolute Gasteiger partial charge is 0.398 e. The van der Waals surface area contributed by atoms with Gasteiger partial charge in [0.25, 0.3) is 0 Å². The summed E-state index contributed by atoms with van der Waals surface area (Å²) < 4.78 is 0. The minimum Gasteiger partial charge on any atom is -0.398 e. The smallest absolute Gasteiger partial charge is 0.0497 e. The third-order valence-electron chi connectivity index (χ3n) is 3.07. The van der Waals surface area contributed by atoms with Crippen LogP contribution in [-0.4, -0.2) is 23.4 Å². The predicted molar refractivity (Wildman–Crippen MR) is 66.6 cm³/mol. The van der Waals surface area contributed by atoms with Gasteiger partial charge in [0, 0.05) is 30.7 Å². The lowest BCUT2D eigenvalue weighted by atomic mass is 9.85. The highest BCUT2D eigenvalue weighted by molar-refractivity contribution is 5.56. The summed E-state index contributed by atoms with van der Waals surface area (Å²) in [6.45, 7) is 6.08. The highest BCUT2D eigenvalue weighted by atomic mass is 16.3. The van der Waals surface area contributed by atoms with Crippen molar-refractivity contribution in [3.05, 3.63) is 28.8 Å². The SMILES string of the molecule is Cc1ccc(N)c(C(C)CO)c1C(C)CO. The second-order valence-corrected chi connectivity index (χ2v) is 4.47. The summed E-state index contributed by atoms with van der Waals surface area (Å²) in [7, 11) is 0. The second-order valence-electron chi connectivity index (χ2n) is 4.47. The van der Waals surface area contributed by atoms with Crippen molar-refractivity contribution < 1.29 is 10.2 Å². The van der Waals surface area contributed by atoms with Gasteiger partial charge in [-0.3, -0.25) is 0 Å². The molecule has 0 amide bonds. The quantitative estimate of drug-likeness (QED) is 0.681. The molecule has 0 radical (unpaired) electrons. The number of hydrogen-bond donors (Lipinski definition) is 3. The van der Waals surface area contributed by atoms with E-state index in [9.17, 15) is 10.2 Å². The molecule has 0 aliphatic rings. The van der Waals surface area contributed by atoms with E-state index in [2.05, 4.69) is 0 Å². The van der Waals surface area contributed by atoms with Gasteiger partial charge in [-0.1, -0.05) is 19.9 Å². The number of aliphatic hydroxyl groups is 2. The Hall–Kier alpha value is -1.06. The summed E-state index contributed by atoms with van der Waals surface area (Å²) in [6.07, 6.45) is 0. The summed E-state index contributed by atoms with van der Waals surface area (Å²) in [5.41, 5.74) is 9.83. The van der Waals surface area contributed by atoms with Gasteiger partial charge in [0.1, 0.15) is 0 Å². The van der Waals surface area contributed by atoms with Crippen molar-refractivity contribution >= 4 is 5.69 Å². The van der Waals surface area contributed by atoms with Crippen LogP contribution in [0.25, 0.3) is 0 Å². The van der Waals surface area contributed by atoms with Gasteiger partial charge in [0.15, 0.2) is 0 Å². The Morgan fingerprint density at radius 2 is 1.56 bits per heavy atom. The van der Waals surface area contributed by atoms with Crippen LogP contribution in [0.15, 0.2) is 12.1 Å². The zero-order valence-electron chi connectivity index (χ0n) is 10.2. The summed E-state index contributed by atoms with van der Waals surface area (Å²) in [6, 6.07) is 3.83. The maximum absolute atomic E-state index is 9.28. The van der Waals surface area contributed by atoms with Crippen LogP contribution in [0.5, 0.6) is 0 Å². The number of aliphatic hydroxyl groups excluding tert-OH is 2. The zero-order valence-corrected chi connectivity index (χ0v) is 10.2. The number of nitrogen functional groups attached to an aromatic ring is 1. The second kappa shape index (κ2) is 5.32. The summed E-state index contributed by atoms with van der Waals surface area (Å²) in [5.74, 6) is 0.0522. The molecule has 0 saturated heterocycles. The van der Waals surface area contributed by atoms with Gasteiger partial charge in [-0.25, -0.2) is 0 Å². The molecule has 2 atom stereocenters. The van der Waals surface area contributed by atoms with Crippen molar-refractivity contribution in [2.75, 3.05) is 18.9 Å². The fraction of sp³-hybridized carbons (Fsp3) is 0.538. The van der Waals surface area contributed by atoms with Crippen LogP contribution in [0.1, 0.15) is 42.4 Å². The maximum Gasteiger partial charge on any atom is 0.0497 e. The van der Waals surface area contributed by atoms with Crippen molar-refractivity contribution in [1.29, 1.82) is 0 Å². The molecule has 0 aliphatic carbocycles. The third kappa shape index (κ3) is 2.36. The summed E-state index contributed by atoms with van der Waals surface area (Å²) >= 11 is 0. The minimum atomic E-state index is 0.00361. The highest BCUT2D eigenvalue weighted by Crippen LogP contribution is 2.33. The molecule has 1 aromatic rings. The molecule has 0 aliphatic heterocycles. The molecule has 0 spiro atoms. The van der Waals surface area contributed by atoms with Crippen LogP contribution in [-0.2, 0) is 0 Å². The van der Waals surface area contributed by atoms with E-state index in [1.165, 1.54) is 0 Å². The van der Waals surface area contributed by atoms with E-state index >= 15 is 0 Å². The lowest BCUT2D eigenvalue weighted by molar-refractivity contribution is 0.263. The molecule has 0 bridgehead atoms. The Labute approximate surface area is 96.9 Å². The van der Waals surface area contributed by atoms with Crippen molar-refractivity contribution in [2.45, 2.75) is 32.6 Å². The summed E-state index contributed by atoms with van der Waals surface area (Å²) in [5, 5.41) is 18.5. The van der Waals surface area contributed by atoms with Crippen molar-refractivity contribution in [3.63, 3.8) is 0 Å². The molecular weight excluding hydrogens is 202 g/mol. The highest BCUT2D eigenvalue weighted by Gasteiger charge is 2.19. The van der Waals surface area contributed by atoms with Crippen molar-refractivity contribution in [3.8, 4) is 0 Å². The normalized spacial score (nSPS) is 14.8. The monoisotopic (exact) mass is 223 g/mol. The summed E-state index contributed by atoms with van der Waals surface area (Å²) in [4.78, 5) is 0. The van der Waals surface area contributed by atoms with E-state index in [0.717, 1.165) is 16.7 Å². The number of aryl methyl sites for hydroxylation is 1. The van der Waals surface area contributed by atoms with Gasteiger partial charge in [0.2, 0.25) is 0 Å².